The first-order chi connectivity index (χ1) is 11.1. The fraction of sp³-hybridized carbons (Fsp3) is 0.444. The second kappa shape index (κ2) is 7.81. The second-order valence-electron chi connectivity index (χ2n) is 5.70. The lowest BCUT2D eigenvalue weighted by atomic mass is 9.81. The molecule has 0 aromatic heterocycles. The fourth-order valence-electron chi connectivity index (χ4n) is 2.93. The number of hydrogen-bond acceptors (Lipinski definition) is 3. The van der Waals surface area contributed by atoms with Crippen molar-refractivity contribution in [1.29, 1.82) is 0 Å². The molecule has 124 valence electrons. The van der Waals surface area contributed by atoms with Gasteiger partial charge in [-0.25, -0.2) is 0 Å². The van der Waals surface area contributed by atoms with Crippen molar-refractivity contribution >= 4 is 17.5 Å². The number of carbonyl (C=O) groups is 2. The maximum absolute atomic E-state index is 12.7. The SMILES string of the molecule is CCN(CC)C(=O)C1CC=CCC1C(=O)Nc1ccc(O)cc1. The molecular formula is C18H24N2O3. The molecule has 2 unspecified atom stereocenters. The van der Waals surface area contributed by atoms with Crippen molar-refractivity contribution in [3.63, 3.8) is 0 Å². The first-order valence-electron chi connectivity index (χ1n) is 8.10. The smallest absolute Gasteiger partial charge is 0.228 e. The van der Waals surface area contributed by atoms with Crippen LogP contribution in [0.25, 0.3) is 0 Å². The van der Waals surface area contributed by atoms with Crippen LogP contribution >= 0.6 is 0 Å². The van der Waals surface area contributed by atoms with Crippen molar-refractivity contribution in [1.82, 2.24) is 4.90 Å². The molecule has 1 aliphatic rings. The highest BCUT2D eigenvalue weighted by Gasteiger charge is 2.35. The lowest BCUT2D eigenvalue weighted by Gasteiger charge is -2.31. The van der Waals surface area contributed by atoms with Gasteiger partial charge in [-0.05, 0) is 51.0 Å². The van der Waals surface area contributed by atoms with E-state index in [0.717, 1.165) is 0 Å². The normalized spacial score (nSPS) is 20.1. The third-order valence-corrected chi connectivity index (χ3v) is 4.30. The van der Waals surface area contributed by atoms with Gasteiger partial charge in [0.25, 0.3) is 0 Å². The zero-order valence-electron chi connectivity index (χ0n) is 13.7. The largest absolute Gasteiger partial charge is 0.508 e. The van der Waals surface area contributed by atoms with Gasteiger partial charge in [-0.2, -0.15) is 0 Å². The summed E-state index contributed by atoms with van der Waals surface area (Å²) in [6, 6.07) is 6.34. The molecule has 2 N–H and O–H groups in total. The van der Waals surface area contributed by atoms with Gasteiger partial charge in [-0.15, -0.1) is 0 Å². The Morgan fingerprint density at radius 2 is 1.65 bits per heavy atom. The molecular weight excluding hydrogens is 292 g/mol. The van der Waals surface area contributed by atoms with Crippen LogP contribution in [0.15, 0.2) is 36.4 Å². The maximum atomic E-state index is 12.7. The van der Waals surface area contributed by atoms with Gasteiger partial charge in [0.15, 0.2) is 0 Å². The molecule has 5 nitrogen and oxygen atoms in total. The summed E-state index contributed by atoms with van der Waals surface area (Å²) in [5.41, 5.74) is 0.622. The highest BCUT2D eigenvalue weighted by atomic mass is 16.3. The molecule has 1 aromatic carbocycles. The van der Waals surface area contributed by atoms with Crippen LogP contribution in [0.3, 0.4) is 0 Å². The minimum atomic E-state index is -0.359. The summed E-state index contributed by atoms with van der Waals surface area (Å²) < 4.78 is 0. The summed E-state index contributed by atoms with van der Waals surface area (Å²) in [5.74, 6) is -0.618. The molecule has 2 atom stereocenters. The number of phenolic OH excluding ortho intramolecular Hbond substituents is 1. The molecule has 0 radical (unpaired) electrons. The summed E-state index contributed by atoms with van der Waals surface area (Å²) in [5, 5.41) is 12.1. The molecule has 1 aliphatic carbocycles. The van der Waals surface area contributed by atoms with E-state index in [4.69, 9.17) is 0 Å². The molecule has 2 amide bonds. The molecule has 0 saturated carbocycles. The molecule has 0 fully saturated rings. The van der Waals surface area contributed by atoms with Crippen LogP contribution in [-0.2, 0) is 9.59 Å². The second-order valence-corrected chi connectivity index (χ2v) is 5.70. The first-order valence-corrected chi connectivity index (χ1v) is 8.10. The fourth-order valence-corrected chi connectivity index (χ4v) is 2.93. The van der Waals surface area contributed by atoms with Gasteiger partial charge in [-0.3, -0.25) is 9.59 Å². The van der Waals surface area contributed by atoms with Crippen molar-refractivity contribution in [3.8, 4) is 5.75 Å². The van der Waals surface area contributed by atoms with E-state index >= 15 is 0 Å². The van der Waals surface area contributed by atoms with E-state index in [-0.39, 0.29) is 29.4 Å². The number of anilines is 1. The summed E-state index contributed by atoms with van der Waals surface area (Å²) in [6.07, 6.45) is 5.12. The van der Waals surface area contributed by atoms with E-state index in [1.807, 2.05) is 26.0 Å². The van der Waals surface area contributed by atoms with Gasteiger partial charge in [0, 0.05) is 18.8 Å². The molecule has 0 aliphatic heterocycles. The Morgan fingerprint density at radius 1 is 1.09 bits per heavy atom. The van der Waals surface area contributed by atoms with Crippen molar-refractivity contribution in [2.75, 3.05) is 18.4 Å². The van der Waals surface area contributed by atoms with Crippen LogP contribution in [0, 0.1) is 11.8 Å². The summed E-state index contributed by atoms with van der Waals surface area (Å²) in [4.78, 5) is 27.0. The van der Waals surface area contributed by atoms with Crippen LogP contribution in [-0.4, -0.2) is 34.9 Å². The third-order valence-electron chi connectivity index (χ3n) is 4.30. The van der Waals surface area contributed by atoms with E-state index in [2.05, 4.69) is 5.32 Å². The average Bonchev–Trinajstić information content (AvgIpc) is 2.58. The third kappa shape index (κ3) is 4.12. The number of nitrogens with one attached hydrogen (secondary N) is 1. The molecule has 2 rings (SSSR count). The number of carbonyl (C=O) groups excluding carboxylic acids is 2. The van der Waals surface area contributed by atoms with E-state index in [0.29, 0.717) is 31.6 Å². The summed E-state index contributed by atoms with van der Waals surface area (Å²) >= 11 is 0. The Hall–Kier alpha value is -2.30. The van der Waals surface area contributed by atoms with E-state index < -0.39 is 0 Å². The highest BCUT2D eigenvalue weighted by molar-refractivity contribution is 5.96. The van der Waals surface area contributed by atoms with Gasteiger partial charge in [0.1, 0.15) is 5.75 Å². The van der Waals surface area contributed by atoms with Crippen LogP contribution in [0.4, 0.5) is 5.69 Å². The Balaban J connectivity index is 2.11. The number of hydrogen-bond donors (Lipinski definition) is 2. The van der Waals surface area contributed by atoms with Crippen LogP contribution in [0.5, 0.6) is 5.75 Å². The molecule has 23 heavy (non-hydrogen) atoms. The standard InChI is InChI=1S/C18H24N2O3/c1-3-20(4-2)18(23)16-8-6-5-7-15(16)17(22)19-13-9-11-14(21)12-10-13/h5-6,9-12,15-16,21H,3-4,7-8H2,1-2H3,(H,19,22). The van der Waals surface area contributed by atoms with Crippen molar-refractivity contribution in [3.05, 3.63) is 36.4 Å². The number of allylic oxidation sites excluding steroid dienone is 2. The monoisotopic (exact) mass is 316 g/mol. The molecule has 5 heteroatoms. The van der Waals surface area contributed by atoms with Crippen molar-refractivity contribution in [2.24, 2.45) is 11.8 Å². The molecule has 0 spiro atoms. The van der Waals surface area contributed by atoms with E-state index in [9.17, 15) is 14.7 Å². The zero-order chi connectivity index (χ0) is 16.8. The number of amides is 2. The average molecular weight is 316 g/mol. The first kappa shape index (κ1) is 17.1. The lowest BCUT2D eigenvalue weighted by Crippen LogP contribution is -2.43. The minimum Gasteiger partial charge on any atom is -0.508 e. The predicted molar refractivity (Wildman–Crippen MR) is 90.0 cm³/mol. The Morgan fingerprint density at radius 3 is 2.22 bits per heavy atom. The van der Waals surface area contributed by atoms with Gasteiger partial charge in [-0.1, -0.05) is 12.2 Å². The Kier molecular flexibility index (Phi) is 5.79. The zero-order valence-corrected chi connectivity index (χ0v) is 13.7. The van der Waals surface area contributed by atoms with Crippen LogP contribution in [0.2, 0.25) is 0 Å². The molecule has 0 heterocycles. The maximum Gasteiger partial charge on any atom is 0.228 e. The predicted octanol–water partition coefficient (Wildman–Crippen LogP) is 2.78. The van der Waals surface area contributed by atoms with Gasteiger partial charge >= 0.3 is 0 Å². The number of benzene rings is 1. The Labute approximate surface area is 137 Å². The van der Waals surface area contributed by atoms with Gasteiger partial charge < -0.3 is 15.3 Å². The van der Waals surface area contributed by atoms with Crippen molar-refractivity contribution in [2.45, 2.75) is 26.7 Å². The number of aromatic hydroxyl groups is 1. The van der Waals surface area contributed by atoms with Gasteiger partial charge in [0.2, 0.25) is 11.8 Å². The Bertz CT molecular complexity index is 576. The number of nitrogens with zero attached hydrogens (tertiary/aromatic N) is 1. The summed E-state index contributed by atoms with van der Waals surface area (Å²) in [7, 11) is 0. The number of phenols is 1. The lowest BCUT2D eigenvalue weighted by molar-refractivity contribution is -0.140. The van der Waals surface area contributed by atoms with Crippen LogP contribution in [0.1, 0.15) is 26.7 Å². The number of rotatable bonds is 5. The van der Waals surface area contributed by atoms with Crippen molar-refractivity contribution < 1.29 is 14.7 Å². The topological polar surface area (TPSA) is 69.6 Å². The minimum absolute atomic E-state index is 0.0465. The van der Waals surface area contributed by atoms with E-state index in [1.54, 1.807) is 17.0 Å². The highest BCUT2D eigenvalue weighted by Crippen LogP contribution is 2.29. The quantitative estimate of drug-likeness (QED) is 0.648. The molecule has 1 aromatic rings. The van der Waals surface area contributed by atoms with Gasteiger partial charge in [0.05, 0.1) is 11.8 Å². The molecule has 0 saturated heterocycles. The van der Waals surface area contributed by atoms with Crippen LogP contribution < -0.4 is 5.32 Å². The van der Waals surface area contributed by atoms with E-state index in [1.165, 1.54) is 12.1 Å². The summed E-state index contributed by atoms with van der Waals surface area (Å²) in [6.45, 7) is 5.21. The molecule has 0 bridgehead atoms.